The maximum atomic E-state index is 3.88. The smallest absolute Gasteiger partial charge is 0.0650 e. The number of H-pyrrole nitrogens is 1. The number of aromatic amines is 1. The van der Waals surface area contributed by atoms with Gasteiger partial charge in [0.1, 0.15) is 0 Å². The van der Waals surface area contributed by atoms with Crippen LogP contribution in [0.25, 0.3) is 10.9 Å². The summed E-state index contributed by atoms with van der Waals surface area (Å²) in [4.78, 5) is 0. The van der Waals surface area contributed by atoms with Gasteiger partial charge in [-0.1, -0.05) is 18.2 Å². The quantitative estimate of drug-likeness (QED) is 0.577. The second-order valence-corrected chi connectivity index (χ2v) is 1.96. The number of aromatic nitrogens is 2. The van der Waals surface area contributed by atoms with Crippen molar-refractivity contribution in [3.05, 3.63) is 30.5 Å². The van der Waals surface area contributed by atoms with Crippen molar-refractivity contribution in [1.82, 2.24) is 16.3 Å². The molecule has 1 heterocycles. The van der Waals surface area contributed by atoms with Gasteiger partial charge in [-0.25, -0.2) is 0 Å². The van der Waals surface area contributed by atoms with Crippen LogP contribution in [0.4, 0.5) is 0 Å². The Balaban J connectivity index is 0.000000500. The van der Waals surface area contributed by atoms with E-state index in [1.807, 2.05) is 30.5 Å². The van der Waals surface area contributed by atoms with Crippen LogP contribution >= 0.6 is 0 Å². The number of benzene rings is 1. The summed E-state index contributed by atoms with van der Waals surface area (Å²) in [7, 11) is 0. The lowest BCUT2D eigenvalue weighted by atomic mass is 10.3. The second kappa shape index (κ2) is 2.49. The molecule has 0 atom stereocenters. The highest BCUT2D eigenvalue weighted by Crippen LogP contribution is 2.06. The minimum Gasteiger partial charge on any atom is -0.344 e. The molecule has 1 aromatic carbocycles. The van der Waals surface area contributed by atoms with Gasteiger partial charge in [0.25, 0.3) is 0 Å². The zero-order chi connectivity index (χ0) is 6.10. The van der Waals surface area contributed by atoms with Crippen molar-refractivity contribution >= 4 is 10.9 Å². The SMILES string of the molecule is N.c1ccc2[nH]ncc2c1. The van der Waals surface area contributed by atoms with Crippen molar-refractivity contribution in [2.45, 2.75) is 0 Å². The molecule has 0 spiro atoms. The van der Waals surface area contributed by atoms with Crippen LogP contribution < -0.4 is 6.15 Å². The minimum absolute atomic E-state index is 0. The molecule has 0 aliphatic rings. The van der Waals surface area contributed by atoms with E-state index in [0.717, 1.165) is 10.9 Å². The van der Waals surface area contributed by atoms with E-state index in [4.69, 9.17) is 0 Å². The molecule has 0 saturated heterocycles. The summed E-state index contributed by atoms with van der Waals surface area (Å²) in [6, 6.07) is 8.01. The molecular formula is C7H9N3. The van der Waals surface area contributed by atoms with E-state index in [1.54, 1.807) is 0 Å². The fourth-order valence-corrected chi connectivity index (χ4v) is 0.883. The zero-order valence-electron chi connectivity index (χ0n) is 5.54. The third kappa shape index (κ3) is 0.867. The van der Waals surface area contributed by atoms with Gasteiger partial charge in [-0.15, -0.1) is 0 Å². The van der Waals surface area contributed by atoms with Crippen LogP contribution in [0.5, 0.6) is 0 Å². The number of hydrogen-bond donors (Lipinski definition) is 2. The summed E-state index contributed by atoms with van der Waals surface area (Å²) >= 11 is 0. The standard InChI is InChI=1S/C7H6N2.H3N/c1-2-4-7-6(3-1)5-8-9-7;/h1-5H,(H,8,9);1H3. The molecule has 0 saturated carbocycles. The minimum atomic E-state index is 0. The van der Waals surface area contributed by atoms with E-state index in [0.29, 0.717) is 0 Å². The fraction of sp³-hybridized carbons (Fsp3) is 0. The van der Waals surface area contributed by atoms with Crippen molar-refractivity contribution in [3.63, 3.8) is 0 Å². The van der Waals surface area contributed by atoms with Gasteiger partial charge in [-0.05, 0) is 6.07 Å². The molecule has 0 unspecified atom stereocenters. The maximum Gasteiger partial charge on any atom is 0.0650 e. The van der Waals surface area contributed by atoms with Crippen molar-refractivity contribution < 1.29 is 0 Å². The molecule has 2 rings (SSSR count). The lowest BCUT2D eigenvalue weighted by Gasteiger charge is -1.81. The van der Waals surface area contributed by atoms with Gasteiger partial charge in [0.05, 0.1) is 11.7 Å². The highest BCUT2D eigenvalue weighted by molar-refractivity contribution is 5.77. The third-order valence-corrected chi connectivity index (χ3v) is 1.35. The Morgan fingerprint density at radius 1 is 1.20 bits per heavy atom. The normalized spacial score (nSPS) is 9.20. The maximum absolute atomic E-state index is 3.88. The number of para-hydroxylation sites is 1. The molecule has 3 nitrogen and oxygen atoms in total. The Hall–Kier alpha value is -1.35. The van der Waals surface area contributed by atoms with E-state index in [1.165, 1.54) is 0 Å². The van der Waals surface area contributed by atoms with Gasteiger partial charge in [-0.3, -0.25) is 5.10 Å². The molecule has 1 aromatic heterocycles. The van der Waals surface area contributed by atoms with E-state index < -0.39 is 0 Å². The molecule has 0 aliphatic carbocycles. The first-order chi connectivity index (χ1) is 4.47. The van der Waals surface area contributed by atoms with Crippen LogP contribution in [-0.2, 0) is 0 Å². The predicted molar refractivity (Wildman–Crippen MR) is 41.1 cm³/mol. The molecule has 4 N–H and O–H groups in total. The highest BCUT2D eigenvalue weighted by atomic mass is 15.1. The van der Waals surface area contributed by atoms with E-state index in [-0.39, 0.29) is 6.15 Å². The van der Waals surface area contributed by atoms with Crippen molar-refractivity contribution in [1.29, 1.82) is 0 Å². The molecule has 0 bridgehead atoms. The summed E-state index contributed by atoms with van der Waals surface area (Å²) < 4.78 is 0. The Labute approximate surface area is 58.6 Å². The van der Waals surface area contributed by atoms with Crippen LogP contribution in [-0.4, -0.2) is 10.2 Å². The third-order valence-electron chi connectivity index (χ3n) is 1.35. The topological polar surface area (TPSA) is 63.7 Å². The Bertz CT molecular complexity index is 283. The summed E-state index contributed by atoms with van der Waals surface area (Å²) in [6.45, 7) is 0. The van der Waals surface area contributed by atoms with Gasteiger partial charge in [0.15, 0.2) is 0 Å². The van der Waals surface area contributed by atoms with Gasteiger partial charge in [-0.2, -0.15) is 5.10 Å². The Kier molecular flexibility index (Phi) is 1.69. The zero-order valence-corrected chi connectivity index (χ0v) is 5.54. The molecule has 0 fully saturated rings. The largest absolute Gasteiger partial charge is 0.344 e. The average molecular weight is 135 g/mol. The summed E-state index contributed by atoms with van der Waals surface area (Å²) in [5.41, 5.74) is 1.09. The molecule has 0 radical (unpaired) electrons. The molecule has 10 heavy (non-hydrogen) atoms. The molecule has 0 amide bonds. The molecular weight excluding hydrogens is 126 g/mol. The van der Waals surface area contributed by atoms with Gasteiger partial charge in [0.2, 0.25) is 0 Å². The first-order valence-electron chi connectivity index (χ1n) is 2.85. The predicted octanol–water partition coefficient (Wildman–Crippen LogP) is 1.72. The van der Waals surface area contributed by atoms with Crippen LogP contribution in [0, 0.1) is 0 Å². The number of nitrogens with zero attached hydrogens (tertiary/aromatic N) is 1. The van der Waals surface area contributed by atoms with Crippen LogP contribution in [0.1, 0.15) is 0 Å². The van der Waals surface area contributed by atoms with E-state index in [2.05, 4.69) is 10.2 Å². The highest BCUT2D eigenvalue weighted by Gasteiger charge is 1.88. The molecule has 3 heteroatoms. The van der Waals surface area contributed by atoms with Gasteiger partial charge >= 0.3 is 0 Å². The average Bonchev–Trinajstić information content (AvgIpc) is 2.33. The summed E-state index contributed by atoms with van der Waals surface area (Å²) in [6.07, 6.45) is 1.81. The van der Waals surface area contributed by atoms with Gasteiger partial charge in [0, 0.05) is 5.39 Å². The van der Waals surface area contributed by atoms with Gasteiger partial charge < -0.3 is 6.15 Å². The van der Waals surface area contributed by atoms with Crippen LogP contribution in [0.2, 0.25) is 0 Å². The number of hydrogen-bond acceptors (Lipinski definition) is 2. The number of rotatable bonds is 0. The van der Waals surface area contributed by atoms with Crippen LogP contribution in [0.15, 0.2) is 30.5 Å². The molecule has 0 aliphatic heterocycles. The first-order valence-corrected chi connectivity index (χ1v) is 2.85. The Morgan fingerprint density at radius 2 is 2.00 bits per heavy atom. The molecule has 52 valence electrons. The first kappa shape index (κ1) is 6.77. The van der Waals surface area contributed by atoms with E-state index in [9.17, 15) is 0 Å². The lowest BCUT2D eigenvalue weighted by molar-refractivity contribution is 1.12. The van der Waals surface area contributed by atoms with Crippen molar-refractivity contribution in [2.75, 3.05) is 0 Å². The summed E-state index contributed by atoms with van der Waals surface area (Å²) in [5.74, 6) is 0. The van der Waals surface area contributed by atoms with Crippen molar-refractivity contribution in [2.24, 2.45) is 0 Å². The fourth-order valence-electron chi connectivity index (χ4n) is 0.883. The summed E-state index contributed by atoms with van der Waals surface area (Å²) in [5, 5.41) is 7.91. The van der Waals surface area contributed by atoms with Crippen LogP contribution in [0.3, 0.4) is 0 Å². The number of fused-ring (bicyclic) bond motifs is 1. The lowest BCUT2D eigenvalue weighted by Crippen LogP contribution is -1.63. The Morgan fingerprint density at radius 3 is 2.80 bits per heavy atom. The molecule has 2 aromatic rings. The monoisotopic (exact) mass is 135 g/mol. The number of nitrogens with one attached hydrogen (secondary N) is 1. The van der Waals surface area contributed by atoms with Crippen molar-refractivity contribution in [3.8, 4) is 0 Å². The van der Waals surface area contributed by atoms with E-state index >= 15 is 0 Å². The second-order valence-electron chi connectivity index (χ2n) is 1.96.